The van der Waals surface area contributed by atoms with Crippen LogP contribution in [0.2, 0.25) is 0 Å². The third kappa shape index (κ3) is 6.31. The summed E-state index contributed by atoms with van der Waals surface area (Å²) in [6.07, 6.45) is 1.19. The van der Waals surface area contributed by atoms with Crippen LogP contribution in [0, 0.1) is 11.8 Å². The molecule has 2 aliphatic rings. The number of hydrogen-bond acceptors (Lipinski definition) is 4. The van der Waals surface area contributed by atoms with Gasteiger partial charge in [0.05, 0.1) is 19.8 Å². The number of aliphatic imine (C=N–C) groups is 1. The lowest BCUT2D eigenvalue weighted by Gasteiger charge is -2.37. The van der Waals surface area contributed by atoms with Crippen LogP contribution < -0.4 is 5.32 Å². The van der Waals surface area contributed by atoms with E-state index in [0.717, 1.165) is 58.5 Å². The van der Waals surface area contributed by atoms with Crippen molar-refractivity contribution in [3.63, 3.8) is 0 Å². The zero-order chi connectivity index (χ0) is 16.7. The standard InChI is InChI=1S/C17H34N4O2.HI/c1-14(2)16(20-7-9-23-10-8-20)11-19-17(18-3)21-6-5-15(12-21)13-22-4;/h14-16H,5-13H2,1-4H3,(H,18,19);1H. The van der Waals surface area contributed by atoms with E-state index in [1.54, 1.807) is 7.11 Å². The third-order valence-electron chi connectivity index (χ3n) is 4.95. The van der Waals surface area contributed by atoms with Gasteiger partial charge in [0, 0.05) is 58.8 Å². The molecule has 0 aromatic carbocycles. The Hall–Kier alpha value is -0.120. The van der Waals surface area contributed by atoms with E-state index in [-0.39, 0.29) is 24.0 Å². The van der Waals surface area contributed by atoms with Crippen LogP contribution >= 0.6 is 24.0 Å². The van der Waals surface area contributed by atoms with Gasteiger partial charge in [0.15, 0.2) is 5.96 Å². The van der Waals surface area contributed by atoms with Crippen LogP contribution in [-0.4, -0.2) is 88.5 Å². The van der Waals surface area contributed by atoms with Gasteiger partial charge in [-0.1, -0.05) is 13.8 Å². The zero-order valence-electron chi connectivity index (χ0n) is 15.7. The van der Waals surface area contributed by atoms with Crippen LogP contribution in [0.4, 0.5) is 0 Å². The summed E-state index contributed by atoms with van der Waals surface area (Å²) in [7, 11) is 3.66. The van der Waals surface area contributed by atoms with Crippen molar-refractivity contribution in [1.29, 1.82) is 0 Å². The summed E-state index contributed by atoms with van der Waals surface area (Å²) < 4.78 is 10.8. The topological polar surface area (TPSA) is 49.3 Å². The second kappa shape index (κ2) is 11.5. The van der Waals surface area contributed by atoms with Gasteiger partial charge in [0.25, 0.3) is 0 Å². The molecular formula is C17H35IN4O2. The van der Waals surface area contributed by atoms with E-state index in [9.17, 15) is 0 Å². The third-order valence-corrected chi connectivity index (χ3v) is 4.95. The number of nitrogens with one attached hydrogen (secondary N) is 1. The Morgan fingerprint density at radius 3 is 2.58 bits per heavy atom. The first-order valence-electron chi connectivity index (χ1n) is 8.92. The maximum absolute atomic E-state index is 5.49. The number of methoxy groups -OCH3 is 1. The summed E-state index contributed by atoms with van der Waals surface area (Å²) in [5.74, 6) is 2.26. The second-order valence-corrected chi connectivity index (χ2v) is 6.94. The molecule has 0 saturated carbocycles. The molecule has 0 bridgehead atoms. The Morgan fingerprint density at radius 1 is 1.29 bits per heavy atom. The van der Waals surface area contributed by atoms with E-state index in [1.165, 1.54) is 6.42 Å². The smallest absolute Gasteiger partial charge is 0.193 e. The van der Waals surface area contributed by atoms with Crippen LogP contribution in [0.15, 0.2) is 4.99 Å². The van der Waals surface area contributed by atoms with Crippen LogP contribution in [0.5, 0.6) is 0 Å². The molecule has 2 atom stereocenters. The van der Waals surface area contributed by atoms with Gasteiger partial charge in [-0.15, -0.1) is 24.0 Å². The Labute approximate surface area is 164 Å². The van der Waals surface area contributed by atoms with Crippen molar-refractivity contribution in [3.8, 4) is 0 Å². The van der Waals surface area contributed by atoms with Gasteiger partial charge in [-0.05, 0) is 12.3 Å². The molecule has 0 aromatic heterocycles. The predicted octanol–water partition coefficient (Wildman–Crippen LogP) is 1.50. The second-order valence-electron chi connectivity index (χ2n) is 6.94. The van der Waals surface area contributed by atoms with Gasteiger partial charge in [-0.2, -0.15) is 0 Å². The molecule has 0 aromatic rings. The number of hydrogen-bond donors (Lipinski definition) is 1. The first-order valence-corrected chi connectivity index (χ1v) is 8.92. The number of likely N-dealkylation sites (tertiary alicyclic amines) is 1. The van der Waals surface area contributed by atoms with Crippen LogP contribution in [0.25, 0.3) is 0 Å². The quantitative estimate of drug-likeness (QED) is 0.375. The summed E-state index contributed by atoms with van der Waals surface area (Å²) in [5, 5.41) is 3.61. The molecule has 2 aliphatic heterocycles. The molecule has 2 rings (SSSR count). The average molecular weight is 454 g/mol. The van der Waals surface area contributed by atoms with Crippen molar-refractivity contribution in [2.75, 3.05) is 66.7 Å². The summed E-state index contributed by atoms with van der Waals surface area (Å²) >= 11 is 0. The van der Waals surface area contributed by atoms with Crippen molar-refractivity contribution in [3.05, 3.63) is 0 Å². The van der Waals surface area contributed by atoms with E-state index >= 15 is 0 Å². The van der Waals surface area contributed by atoms with Crippen molar-refractivity contribution in [2.24, 2.45) is 16.8 Å². The number of halogens is 1. The normalized spacial score (nSPS) is 24.1. The van der Waals surface area contributed by atoms with Crippen molar-refractivity contribution >= 4 is 29.9 Å². The summed E-state index contributed by atoms with van der Waals surface area (Å²) in [4.78, 5) is 9.40. The first-order chi connectivity index (χ1) is 11.2. The lowest BCUT2D eigenvalue weighted by molar-refractivity contribution is 0.00741. The highest BCUT2D eigenvalue weighted by molar-refractivity contribution is 14.0. The summed E-state index contributed by atoms with van der Waals surface area (Å²) in [6.45, 7) is 12.3. The van der Waals surface area contributed by atoms with E-state index in [4.69, 9.17) is 9.47 Å². The lowest BCUT2D eigenvalue weighted by atomic mass is 10.0. The van der Waals surface area contributed by atoms with Gasteiger partial charge in [0.1, 0.15) is 0 Å². The highest BCUT2D eigenvalue weighted by atomic mass is 127. The number of guanidine groups is 1. The highest BCUT2D eigenvalue weighted by Crippen LogP contribution is 2.17. The fraction of sp³-hybridized carbons (Fsp3) is 0.941. The molecule has 6 nitrogen and oxygen atoms in total. The molecule has 0 spiro atoms. The Bertz CT molecular complexity index is 376. The molecule has 24 heavy (non-hydrogen) atoms. The molecule has 2 saturated heterocycles. The summed E-state index contributed by atoms with van der Waals surface area (Å²) in [6, 6.07) is 0.521. The summed E-state index contributed by atoms with van der Waals surface area (Å²) in [5.41, 5.74) is 0. The van der Waals surface area contributed by atoms with E-state index in [1.807, 2.05) is 7.05 Å². The molecular weight excluding hydrogens is 419 g/mol. The molecule has 1 N–H and O–H groups in total. The van der Waals surface area contributed by atoms with Gasteiger partial charge < -0.3 is 19.7 Å². The molecule has 2 unspecified atom stereocenters. The largest absolute Gasteiger partial charge is 0.384 e. The Balaban J connectivity index is 0.00000288. The van der Waals surface area contributed by atoms with Crippen LogP contribution in [0.1, 0.15) is 20.3 Å². The number of ether oxygens (including phenoxy) is 2. The number of morpholine rings is 1. The van der Waals surface area contributed by atoms with Crippen molar-refractivity contribution in [1.82, 2.24) is 15.1 Å². The van der Waals surface area contributed by atoms with E-state index < -0.39 is 0 Å². The molecule has 2 heterocycles. The molecule has 0 radical (unpaired) electrons. The van der Waals surface area contributed by atoms with Crippen LogP contribution in [-0.2, 0) is 9.47 Å². The van der Waals surface area contributed by atoms with Gasteiger partial charge in [-0.25, -0.2) is 0 Å². The van der Waals surface area contributed by atoms with Gasteiger partial charge in [-0.3, -0.25) is 9.89 Å². The molecule has 0 aliphatic carbocycles. The van der Waals surface area contributed by atoms with Crippen molar-refractivity contribution in [2.45, 2.75) is 26.3 Å². The molecule has 7 heteroatoms. The highest BCUT2D eigenvalue weighted by Gasteiger charge is 2.27. The van der Waals surface area contributed by atoms with E-state index in [0.29, 0.717) is 17.9 Å². The number of rotatable bonds is 6. The van der Waals surface area contributed by atoms with Crippen molar-refractivity contribution < 1.29 is 9.47 Å². The molecule has 142 valence electrons. The fourth-order valence-electron chi connectivity index (χ4n) is 3.62. The number of nitrogens with zero attached hydrogens (tertiary/aromatic N) is 3. The maximum Gasteiger partial charge on any atom is 0.193 e. The monoisotopic (exact) mass is 454 g/mol. The Kier molecular flexibility index (Phi) is 10.5. The van der Waals surface area contributed by atoms with Gasteiger partial charge >= 0.3 is 0 Å². The first kappa shape index (κ1) is 21.9. The minimum Gasteiger partial charge on any atom is -0.384 e. The molecule has 0 amide bonds. The predicted molar refractivity (Wildman–Crippen MR) is 109 cm³/mol. The molecule has 2 fully saturated rings. The fourth-order valence-corrected chi connectivity index (χ4v) is 3.62. The zero-order valence-corrected chi connectivity index (χ0v) is 18.0. The van der Waals surface area contributed by atoms with E-state index in [2.05, 4.69) is 34.0 Å². The lowest BCUT2D eigenvalue weighted by Crippen LogP contribution is -2.53. The van der Waals surface area contributed by atoms with Crippen LogP contribution in [0.3, 0.4) is 0 Å². The minimum absolute atomic E-state index is 0. The average Bonchev–Trinajstić information content (AvgIpc) is 3.01. The van der Waals surface area contributed by atoms with Gasteiger partial charge in [0.2, 0.25) is 0 Å². The minimum atomic E-state index is 0. The SMILES string of the molecule is CN=C(NCC(C(C)C)N1CCOCC1)N1CCC(COC)C1.I. The Morgan fingerprint density at radius 2 is 2.00 bits per heavy atom. The maximum atomic E-state index is 5.49.